The highest BCUT2D eigenvalue weighted by Crippen LogP contribution is 2.13. The Morgan fingerprint density at radius 1 is 1.21 bits per heavy atom. The van der Waals surface area contributed by atoms with Crippen molar-refractivity contribution in [2.24, 2.45) is 4.99 Å². The smallest absolute Gasteiger partial charge is 0.338 e. The number of esters is 1. The monoisotopic (exact) mass is 500 g/mol. The molecule has 0 saturated heterocycles. The molecule has 7 nitrogen and oxygen atoms in total. The van der Waals surface area contributed by atoms with E-state index in [1.165, 1.54) is 0 Å². The third kappa shape index (κ3) is 7.49. The Morgan fingerprint density at radius 2 is 1.93 bits per heavy atom. The average molecular weight is 500 g/mol. The standard InChI is InChI=1S/C20H28N4O3.HI/c1-5-21-20(23-13-17-11-18(14(3)4)24-27-17)22-12-15-7-9-16(10-8-15)19(25)26-6-2;/h7-11,14H,5-6,12-13H2,1-4H3,(H2,21,22,23);1H. The number of rotatable bonds is 8. The van der Waals surface area contributed by atoms with Crippen LogP contribution < -0.4 is 10.6 Å². The van der Waals surface area contributed by atoms with E-state index in [9.17, 15) is 4.79 Å². The molecule has 2 N–H and O–H groups in total. The highest BCUT2D eigenvalue weighted by atomic mass is 127. The number of aliphatic imine (C=N–C) groups is 1. The van der Waals surface area contributed by atoms with Gasteiger partial charge in [-0.2, -0.15) is 0 Å². The molecule has 0 bridgehead atoms. The minimum atomic E-state index is -0.310. The molecule has 0 amide bonds. The first-order valence-corrected chi connectivity index (χ1v) is 9.27. The largest absolute Gasteiger partial charge is 0.462 e. The van der Waals surface area contributed by atoms with E-state index in [1.807, 2.05) is 25.1 Å². The quantitative estimate of drug-likeness (QED) is 0.248. The van der Waals surface area contributed by atoms with Crippen LogP contribution in [0.5, 0.6) is 0 Å². The zero-order chi connectivity index (χ0) is 19.6. The lowest BCUT2D eigenvalue weighted by Gasteiger charge is -2.10. The minimum absolute atomic E-state index is 0. The molecule has 1 heterocycles. The maximum atomic E-state index is 11.7. The van der Waals surface area contributed by atoms with E-state index in [0.29, 0.717) is 37.1 Å². The van der Waals surface area contributed by atoms with E-state index in [4.69, 9.17) is 9.26 Å². The van der Waals surface area contributed by atoms with Crippen molar-refractivity contribution in [1.82, 2.24) is 15.8 Å². The van der Waals surface area contributed by atoms with Gasteiger partial charge in [0.05, 0.1) is 31.0 Å². The molecule has 0 aliphatic carbocycles. The number of halogens is 1. The Balaban J connectivity index is 0.00000392. The maximum Gasteiger partial charge on any atom is 0.338 e. The third-order valence-electron chi connectivity index (χ3n) is 3.83. The molecule has 0 aliphatic rings. The molecule has 0 atom stereocenters. The average Bonchev–Trinajstić information content (AvgIpc) is 3.14. The van der Waals surface area contributed by atoms with E-state index in [2.05, 4.69) is 34.6 Å². The van der Waals surface area contributed by atoms with E-state index in [-0.39, 0.29) is 29.9 Å². The number of hydrogen-bond acceptors (Lipinski definition) is 5. The van der Waals surface area contributed by atoms with Crippen molar-refractivity contribution in [2.45, 2.75) is 46.7 Å². The predicted molar refractivity (Wildman–Crippen MR) is 120 cm³/mol. The van der Waals surface area contributed by atoms with Gasteiger partial charge in [0.15, 0.2) is 11.7 Å². The SMILES string of the molecule is CCNC(=NCc1ccc(C(=O)OCC)cc1)NCc1cc(C(C)C)no1.I. The molecule has 0 unspecified atom stereocenters. The van der Waals surface area contributed by atoms with E-state index in [1.54, 1.807) is 19.1 Å². The topological polar surface area (TPSA) is 88.8 Å². The van der Waals surface area contributed by atoms with Crippen LogP contribution in [0.15, 0.2) is 39.8 Å². The molecule has 2 aromatic rings. The van der Waals surface area contributed by atoms with E-state index in [0.717, 1.165) is 23.6 Å². The molecule has 154 valence electrons. The first kappa shape index (κ1) is 23.9. The summed E-state index contributed by atoms with van der Waals surface area (Å²) in [6.45, 7) is 10.1. The maximum absolute atomic E-state index is 11.7. The van der Waals surface area contributed by atoms with Crippen molar-refractivity contribution in [2.75, 3.05) is 13.2 Å². The van der Waals surface area contributed by atoms with Gasteiger partial charge in [0.2, 0.25) is 0 Å². The zero-order valence-corrected chi connectivity index (χ0v) is 19.2. The van der Waals surface area contributed by atoms with Gasteiger partial charge in [-0.05, 0) is 37.5 Å². The van der Waals surface area contributed by atoms with Gasteiger partial charge in [0, 0.05) is 12.6 Å². The lowest BCUT2D eigenvalue weighted by Crippen LogP contribution is -2.36. The summed E-state index contributed by atoms with van der Waals surface area (Å²) in [5, 5.41) is 10.5. The van der Waals surface area contributed by atoms with Crippen LogP contribution in [0.4, 0.5) is 0 Å². The van der Waals surface area contributed by atoms with Gasteiger partial charge in [-0.3, -0.25) is 0 Å². The van der Waals surface area contributed by atoms with Crippen LogP contribution in [-0.2, 0) is 17.8 Å². The van der Waals surface area contributed by atoms with Gasteiger partial charge in [0.1, 0.15) is 0 Å². The van der Waals surface area contributed by atoms with Crippen molar-refractivity contribution in [3.05, 3.63) is 52.9 Å². The molecular weight excluding hydrogens is 471 g/mol. The van der Waals surface area contributed by atoms with Gasteiger partial charge in [-0.25, -0.2) is 9.79 Å². The Kier molecular flexibility index (Phi) is 10.6. The Labute approximate surface area is 183 Å². The van der Waals surface area contributed by atoms with Gasteiger partial charge in [-0.1, -0.05) is 31.1 Å². The Bertz CT molecular complexity index is 757. The molecule has 8 heteroatoms. The van der Waals surface area contributed by atoms with Crippen molar-refractivity contribution >= 4 is 35.9 Å². The highest BCUT2D eigenvalue weighted by molar-refractivity contribution is 14.0. The molecule has 0 fully saturated rings. The Hall–Kier alpha value is -2.10. The van der Waals surface area contributed by atoms with Crippen molar-refractivity contribution in [3.63, 3.8) is 0 Å². The van der Waals surface area contributed by atoms with Gasteiger partial charge in [-0.15, -0.1) is 24.0 Å². The number of carbonyl (C=O) groups excluding carboxylic acids is 1. The van der Waals surface area contributed by atoms with Crippen LogP contribution in [0.3, 0.4) is 0 Å². The number of benzene rings is 1. The van der Waals surface area contributed by atoms with Crippen LogP contribution in [0.2, 0.25) is 0 Å². The number of carbonyl (C=O) groups is 1. The molecule has 0 aliphatic heterocycles. The normalized spacial score (nSPS) is 11.1. The highest BCUT2D eigenvalue weighted by Gasteiger charge is 2.08. The third-order valence-corrected chi connectivity index (χ3v) is 3.83. The number of aromatic nitrogens is 1. The van der Waals surface area contributed by atoms with Crippen molar-refractivity contribution in [3.8, 4) is 0 Å². The lowest BCUT2D eigenvalue weighted by atomic mass is 10.1. The first-order valence-electron chi connectivity index (χ1n) is 9.27. The molecular formula is C20H29IN4O3. The van der Waals surface area contributed by atoms with Gasteiger partial charge in [0.25, 0.3) is 0 Å². The zero-order valence-electron chi connectivity index (χ0n) is 16.8. The second kappa shape index (κ2) is 12.4. The van der Waals surface area contributed by atoms with Crippen molar-refractivity contribution < 1.29 is 14.1 Å². The Morgan fingerprint density at radius 3 is 2.50 bits per heavy atom. The fourth-order valence-corrected chi connectivity index (χ4v) is 2.33. The second-order valence-corrected chi connectivity index (χ2v) is 6.34. The summed E-state index contributed by atoms with van der Waals surface area (Å²) in [7, 11) is 0. The van der Waals surface area contributed by atoms with Crippen LogP contribution in [0.1, 0.15) is 61.0 Å². The molecule has 0 spiro atoms. The lowest BCUT2D eigenvalue weighted by molar-refractivity contribution is 0.0526. The van der Waals surface area contributed by atoms with Gasteiger partial charge < -0.3 is 19.9 Å². The fourth-order valence-electron chi connectivity index (χ4n) is 2.33. The van der Waals surface area contributed by atoms with E-state index >= 15 is 0 Å². The summed E-state index contributed by atoms with van der Waals surface area (Å²) < 4.78 is 10.3. The van der Waals surface area contributed by atoms with E-state index < -0.39 is 0 Å². The number of guanidine groups is 1. The number of nitrogens with zero attached hydrogens (tertiary/aromatic N) is 2. The summed E-state index contributed by atoms with van der Waals surface area (Å²) in [4.78, 5) is 16.3. The van der Waals surface area contributed by atoms with Crippen LogP contribution in [0, 0.1) is 0 Å². The summed E-state index contributed by atoms with van der Waals surface area (Å²) in [5.41, 5.74) is 2.48. The summed E-state index contributed by atoms with van der Waals surface area (Å²) in [6, 6.07) is 9.22. The first-order chi connectivity index (χ1) is 13.0. The van der Waals surface area contributed by atoms with Crippen molar-refractivity contribution in [1.29, 1.82) is 0 Å². The number of ether oxygens (including phenoxy) is 1. The van der Waals surface area contributed by atoms with Crippen LogP contribution >= 0.6 is 24.0 Å². The van der Waals surface area contributed by atoms with Crippen LogP contribution in [0.25, 0.3) is 0 Å². The summed E-state index contributed by atoms with van der Waals surface area (Å²) in [6.07, 6.45) is 0. The number of nitrogens with one attached hydrogen (secondary N) is 2. The molecule has 1 aromatic heterocycles. The van der Waals surface area contributed by atoms with Gasteiger partial charge >= 0.3 is 5.97 Å². The number of hydrogen-bond donors (Lipinski definition) is 2. The molecule has 1 aromatic carbocycles. The summed E-state index contributed by atoms with van der Waals surface area (Å²) >= 11 is 0. The molecule has 0 radical (unpaired) electrons. The fraction of sp³-hybridized carbons (Fsp3) is 0.450. The molecule has 0 saturated carbocycles. The minimum Gasteiger partial charge on any atom is -0.462 e. The molecule has 28 heavy (non-hydrogen) atoms. The predicted octanol–water partition coefficient (Wildman–Crippen LogP) is 3.85. The second-order valence-electron chi connectivity index (χ2n) is 6.34. The summed E-state index contributed by atoms with van der Waals surface area (Å²) in [5.74, 6) is 1.48. The van der Waals surface area contributed by atoms with Crippen LogP contribution in [-0.4, -0.2) is 30.2 Å². The molecule has 2 rings (SSSR count).